The van der Waals surface area contributed by atoms with Gasteiger partial charge in [-0.25, -0.2) is 12.8 Å². The third-order valence-electron chi connectivity index (χ3n) is 3.98. The molecule has 0 unspecified atom stereocenters. The zero-order valence-electron chi connectivity index (χ0n) is 15.3. The fourth-order valence-electron chi connectivity index (χ4n) is 2.57. The first-order valence-corrected chi connectivity index (χ1v) is 10.1. The molecule has 3 aromatic rings. The highest BCUT2D eigenvalue weighted by Gasteiger charge is 2.22. The minimum Gasteiger partial charge on any atom is -0.497 e. The number of hydrogen-bond donors (Lipinski definition) is 0. The van der Waals surface area contributed by atoms with Gasteiger partial charge in [-0.2, -0.15) is 8.78 Å². The first kappa shape index (κ1) is 20.6. The highest BCUT2D eigenvalue weighted by molar-refractivity contribution is 7.92. The number of benzene rings is 2. The molecule has 0 N–H and O–H groups in total. The maximum absolute atomic E-state index is 14.6. The zero-order valence-corrected chi connectivity index (χ0v) is 16.2. The standard InChI is InChI=1S/C18H16F3N3O4S/c1-27-14-5-3-4-13(9-14)24(29(2,25)26)10-12-7-6-11(8-15(12)19)17-22-23-18(28-17)16(20)21/h3-9,16H,10H2,1-2H3. The van der Waals surface area contributed by atoms with E-state index in [1.807, 2.05) is 0 Å². The summed E-state index contributed by atoms with van der Waals surface area (Å²) in [5, 5.41) is 6.65. The van der Waals surface area contributed by atoms with Crippen molar-refractivity contribution >= 4 is 15.7 Å². The number of rotatable bonds is 7. The van der Waals surface area contributed by atoms with Crippen molar-refractivity contribution < 1.29 is 30.7 Å². The van der Waals surface area contributed by atoms with Crippen molar-refractivity contribution in [2.75, 3.05) is 17.7 Å². The molecule has 0 saturated carbocycles. The lowest BCUT2D eigenvalue weighted by Crippen LogP contribution is -2.29. The molecule has 154 valence electrons. The van der Waals surface area contributed by atoms with E-state index in [2.05, 4.69) is 10.2 Å². The van der Waals surface area contributed by atoms with Crippen molar-refractivity contribution in [2.45, 2.75) is 13.0 Å². The average Bonchev–Trinajstić information content (AvgIpc) is 3.16. The summed E-state index contributed by atoms with van der Waals surface area (Å²) in [6.45, 7) is -0.287. The van der Waals surface area contributed by atoms with Crippen molar-refractivity contribution in [3.8, 4) is 17.2 Å². The van der Waals surface area contributed by atoms with E-state index in [1.165, 1.54) is 25.3 Å². The molecule has 0 aliphatic rings. The molecule has 1 heterocycles. The summed E-state index contributed by atoms with van der Waals surface area (Å²) in [5.74, 6) is -1.45. The fourth-order valence-corrected chi connectivity index (χ4v) is 3.44. The number of aromatic nitrogens is 2. The van der Waals surface area contributed by atoms with Crippen molar-refractivity contribution in [2.24, 2.45) is 0 Å². The smallest absolute Gasteiger partial charge is 0.314 e. The summed E-state index contributed by atoms with van der Waals surface area (Å²) in [6, 6.07) is 10.1. The predicted octanol–water partition coefficient (Wildman–Crippen LogP) is 3.79. The van der Waals surface area contributed by atoms with Gasteiger partial charge in [0.05, 0.1) is 25.6 Å². The van der Waals surface area contributed by atoms with Gasteiger partial charge in [-0.15, -0.1) is 10.2 Å². The van der Waals surface area contributed by atoms with Gasteiger partial charge in [0.1, 0.15) is 11.6 Å². The van der Waals surface area contributed by atoms with Crippen LogP contribution in [-0.2, 0) is 16.6 Å². The Bertz CT molecular complexity index is 1120. The molecule has 29 heavy (non-hydrogen) atoms. The lowest BCUT2D eigenvalue weighted by Gasteiger charge is -2.23. The fraction of sp³-hybridized carbons (Fsp3) is 0.222. The molecule has 3 rings (SSSR count). The largest absolute Gasteiger partial charge is 0.497 e. The van der Waals surface area contributed by atoms with Crippen molar-refractivity contribution in [1.29, 1.82) is 0 Å². The van der Waals surface area contributed by atoms with Crippen LogP contribution in [0.1, 0.15) is 17.9 Å². The summed E-state index contributed by atoms with van der Waals surface area (Å²) in [4.78, 5) is 0. The Kier molecular flexibility index (Phi) is 5.78. The number of anilines is 1. The monoisotopic (exact) mass is 427 g/mol. The molecule has 0 saturated heterocycles. The minimum absolute atomic E-state index is 0.0654. The molecule has 0 atom stereocenters. The van der Waals surface area contributed by atoms with E-state index in [0.717, 1.165) is 16.6 Å². The number of ether oxygens (including phenoxy) is 1. The van der Waals surface area contributed by atoms with E-state index in [-0.39, 0.29) is 23.6 Å². The Morgan fingerprint density at radius 3 is 2.52 bits per heavy atom. The van der Waals surface area contributed by atoms with Gasteiger partial charge in [-0.3, -0.25) is 4.31 Å². The van der Waals surface area contributed by atoms with E-state index in [1.54, 1.807) is 18.2 Å². The third kappa shape index (κ3) is 4.67. The Balaban J connectivity index is 1.92. The Hall–Kier alpha value is -3.08. The molecule has 2 aromatic carbocycles. The quantitative estimate of drug-likeness (QED) is 0.570. The lowest BCUT2D eigenvalue weighted by molar-refractivity contribution is 0.116. The Labute approximate surface area is 164 Å². The number of hydrogen-bond acceptors (Lipinski definition) is 6. The van der Waals surface area contributed by atoms with E-state index < -0.39 is 28.2 Å². The summed E-state index contributed by atoms with van der Waals surface area (Å²) in [7, 11) is -2.30. The maximum Gasteiger partial charge on any atom is 0.314 e. The van der Waals surface area contributed by atoms with Crippen LogP contribution in [0.25, 0.3) is 11.5 Å². The highest BCUT2D eigenvalue weighted by Crippen LogP contribution is 2.28. The molecule has 0 spiro atoms. The number of alkyl halides is 2. The molecule has 0 bridgehead atoms. The van der Waals surface area contributed by atoms with Crippen LogP contribution in [0, 0.1) is 5.82 Å². The van der Waals surface area contributed by atoms with Crippen LogP contribution < -0.4 is 9.04 Å². The number of sulfonamides is 1. The van der Waals surface area contributed by atoms with Crippen LogP contribution in [0.3, 0.4) is 0 Å². The van der Waals surface area contributed by atoms with Crippen molar-refractivity contribution in [3.63, 3.8) is 0 Å². The SMILES string of the molecule is COc1cccc(N(Cc2ccc(-c3nnc(C(F)F)o3)cc2F)S(C)(=O)=O)c1. The van der Waals surface area contributed by atoms with E-state index in [0.29, 0.717) is 11.4 Å². The van der Waals surface area contributed by atoms with Gasteiger partial charge in [0.15, 0.2) is 0 Å². The number of nitrogens with zero attached hydrogens (tertiary/aromatic N) is 3. The normalized spacial score (nSPS) is 11.7. The Morgan fingerprint density at radius 1 is 1.17 bits per heavy atom. The lowest BCUT2D eigenvalue weighted by atomic mass is 10.1. The van der Waals surface area contributed by atoms with Gasteiger partial charge in [-0.1, -0.05) is 12.1 Å². The molecule has 11 heteroatoms. The third-order valence-corrected chi connectivity index (χ3v) is 5.12. The molecule has 0 fully saturated rings. The van der Waals surface area contributed by atoms with Gasteiger partial charge in [0.25, 0.3) is 5.89 Å². The predicted molar refractivity (Wildman–Crippen MR) is 98.7 cm³/mol. The second kappa shape index (κ2) is 8.11. The summed E-state index contributed by atoms with van der Waals surface area (Å²) in [5.41, 5.74) is 0.460. The van der Waals surface area contributed by atoms with Crippen LogP contribution in [0.5, 0.6) is 5.75 Å². The molecule has 7 nitrogen and oxygen atoms in total. The van der Waals surface area contributed by atoms with Crippen molar-refractivity contribution in [1.82, 2.24) is 10.2 Å². The van der Waals surface area contributed by atoms with Gasteiger partial charge in [0.2, 0.25) is 15.9 Å². The van der Waals surface area contributed by atoms with Gasteiger partial charge in [-0.05, 0) is 24.3 Å². The first-order chi connectivity index (χ1) is 13.7. The summed E-state index contributed by atoms with van der Waals surface area (Å²) in [6.07, 6.45) is -1.94. The van der Waals surface area contributed by atoms with E-state index in [4.69, 9.17) is 9.15 Å². The molecular formula is C18H16F3N3O4S. The number of methoxy groups -OCH3 is 1. The van der Waals surface area contributed by atoms with Crippen LogP contribution in [0.4, 0.5) is 18.9 Å². The van der Waals surface area contributed by atoms with Crippen LogP contribution >= 0.6 is 0 Å². The number of halogens is 3. The molecule has 0 aliphatic carbocycles. The molecule has 0 amide bonds. The van der Waals surface area contributed by atoms with Crippen LogP contribution in [0.2, 0.25) is 0 Å². The van der Waals surface area contributed by atoms with Crippen molar-refractivity contribution in [3.05, 3.63) is 59.7 Å². The first-order valence-electron chi connectivity index (χ1n) is 8.21. The molecule has 1 aromatic heterocycles. The molecule has 0 radical (unpaired) electrons. The highest BCUT2D eigenvalue weighted by atomic mass is 32.2. The molecule has 0 aliphatic heterocycles. The van der Waals surface area contributed by atoms with Gasteiger partial charge < -0.3 is 9.15 Å². The van der Waals surface area contributed by atoms with Gasteiger partial charge >= 0.3 is 6.43 Å². The van der Waals surface area contributed by atoms with E-state index in [9.17, 15) is 21.6 Å². The average molecular weight is 427 g/mol. The minimum atomic E-state index is -3.74. The van der Waals surface area contributed by atoms with Gasteiger partial charge in [0, 0.05) is 17.2 Å². The zero-order chi connectivity index (χ0) is 21.2. The second-order valence-corrected chi connectivity index (χ2v) is 7.93. The Morgan fingerprint density at radius 2 is 1.93 bits per heavy atom. The van der Waals surface area contributed by atoms with E-state index >= 15 is 0 Å². The topological polar surface area (TPSA) is 85.5 Å². The molecular weight excluding hydrogens is 411 g/mol. The van der Waals surface area contributed by atoms with Crippen LogP contribution in [0.15, 0.2) is 46.9 Å². The summed E-state index contributed by atoms with van der Waals surface area (Å²) >= 11 is 0. The summed E-state index contributed by atoms with van der Waals surface area (Å²) < 4.78 is 75.2. The van der Waals surface area contributed by atoms with Crippen LogP contribution in [-0.4, -0.2) is 32.0 Å². The second-order valence-electron chi connectivity index (χ2n) is 6.02. The maximum atomic E-state index is 14.6.